The lowest BCUT2D eigenvalue weighted by Crippen LogP contribution is -2.52. The maximum Gasteiger partial charge on any atom is 0.301 e. The highest BCUT2D eigenvalue weighted by atomic mass is 32.2. The second-order valence-corrected chi connectivity index (χ2v) is 18.8. The highest BCUT2D eigenvalue weighted by Gasteiger charge is 2.37. The average molecular weight is 930 g/mol. The van der Waals surface area contributed by atoms with Gasteiger partial charge in [0.05, 0.1) is 29.0 Å². The zero-order chi connectivity index (χ0) is 47.1. The van der Waals surface area contributed by atoms with E-state index in [2.05, 4.69) is 30.2 Å². The Kier molecular flexibility index (Phi) is 12.8. The molecule has 3 saturated heterocycles. The molecule has 3 aliphatic heterocycles. The molecular weight excluding hydrogens is 880 g/mol. The van der Waals surface area contributed by atoms with E-state index in [4.69, 9.17) is 0 Å². The van der Waals surface area contributed by atoms with E-state index in [1.807, 2.05) is 30.0 Å². The summed E-state index contributed by atoms with van der Waals surface area (Å²) in [5.41, 5.74) is 1.61. The number of aromatic nitrogens is 2. The monoisotopic (exact) mass is 929 g/mol. The number of amides is 3. The van der Waals surface area contributed by atoms with Crippen LogP contribution in [0, 0.1) is 24.4 Å². The first-order valence-corrected chi connectivity index (χ1v) is 23.1. The first kappa shape index (κ1) is 46.0. The smallest absolute Gasteiger partial charge is 0.301 e. The molecule has 66 heavy (non-hydrogen) atoms. The van der Waals surface area contributed by atoms with Gasteiger partial charge in [0.2, 0.25) is 23.5 Å². The lowest BCUT2D eigenvalue weighted by atomic mass is 9.87. The lowest BCUT2D eigenvalue weighted by molar-refractivity contribution is -0.138. The number of aryl methyl sites for hydroxylation is 1. The van der Waals surface area contributed by atoms with Crippen LogP contribution in [0.25, 0.3) is 22.2 Å². The van der Waals surface area contributed by atoms with Gasteiger partial charge in [-0.1, -0.05) is 13.0 Å². The maximum absolute atomic E-state index is 15.7. The van der Waals surface area contributed by atoms with E-state index < -0.39 is 62.2 Å². The number of ketones is 1. The number of aliphatic hydroxyl groups is 1. The quantitative estimate of drug-likeness (QED) is 0.0779. The van der Waals surface area contributed by atoms with Gasteiger partial charge in [-0.05, 0) is 85.8 Å². The van der Waals surface area contributed by atoms with Crippen LogP contribution >= 0.6 is 0 Å². The van der Waals surface area contributed by atoms with Crippen LogP contribution in [0.3, 0.4) is 0 Å². The summed E-state index contributed by atoms with van der Waals surface area (Å²) in [5, 5.41) is 17.0. The van der Waals surface area contributed by atoms with Gasteiger partial charge >= 0.3 is 10.2 Å². The molecule has 0 aliphatic carbocycles. The molecule has 3 aliphatic rings. The molecule has 3 aromatic carbocycles. The van der Waals surface area contributed by atoms with Crippen molar-refractivity contribution in [3.63, 3.8) is 0 Å². The minimum absolute atomic E-state index is 0.0483. The molecule has 20 heteroatoms. The van der Waals surface area contributed by atoms with Crippen LogP contribution in [0.5, 0.6) is 0 Å². The van der Waals surface area contributed by atoms with Gasteiger partial charge in [-0.3, -0.25) is 29.2 Å². The number of hydrogen-bond acceptors (Lipinski definition) is 11. The number of H-pyrrole nitrogens is 1. The number of rotatable bonds is 13. The average Bonchev–Trinajstić information content (AvgIpc) is 3.72. The number of nitrogens with zero attached hydrogens (tertiary/aromatic N) is 5. The van der Waals surface area contributed by atoms with Crippen molar-refractivity contribution < 1.29 is 45.9 Å². The van der Waals surface area contributed by atoms with Crippen LogP contribution in [0.1, 0.15) is 60.5 Å². The molecule has 5 N–H and O–H groups in total. The summed E-state index contributed by atoms with van der Waals surface area (Å²) < 4.78 is 74.2. The number of aromatic amines is 1. The summed E-state index contributed by atoms with van der Waals surface area (Å²) in [5.74, 6) is -4.92. The highest BCUT2D eigenvalue weighted by molar-refractivity contribution is 7.90. The fraction of sp³-hybridized carbons (Fsp3) is 0.370. The number of imide groups is 1. The summed E-state index contributed by atoms with van der Waals surface area (Å²) in [6, 6.07) is 13.2. The standard InChI is InChI=1S/C46H50F3N9O7S/c1-4-55(3)66(64,65)54-35-8-7-33(47)41(42(35)49)43(61)32-26-51-44-31(32)22-29(25-50-44)28-5-10-37(27(2)21-28)57-17-19-58(20-18-57)40(60)24-46(63)13-15-56(16-14-46)38-11-6-30(23-34(38)48)52-36-9-12-39(59)53-45(36)62/h5-8,10-11,21-23,25-26,36,52,54,63H,4,9,12-20,24H2,1-3H3,(H,50,51)(H,53,59,62). The van der Waals surface area contributed by atoms with Crippen molar-refractivity contribution in [2.45, 2.75) is 57.6 Å². The Bertz CT molecular complexity index is 2840. The number of benzene rings is 3. The molecule has 348 valence electrons. The van der Waals surface area contributed by atoms with E-state index in [9.17, 15) is 32.7 Å². The van der Waals surface area contributed by atoms with E-state index in [1.54, 1.807) is 36.2 Å². The number of carbonyl (C=O) groups is 4. The van der Waals surface area contributed by atoms with Gasteiger partial charge in [-0.15, -0.1) is 0 Å². The minimum atomic E-state index is -4.16. The Balaban J connectivity index is 0.868. The Morgan fingerprint density at radius 3 is 2.32 bits per heavy atom. The predicted octanol–water partition coefficient (Wildman–Crippen LogP) is 5.08. The summed E-state index contributed by atoms with van der Waals surface area (Å²) in [6.07, 6.45) is 3.95. The van der Waals surface area contributed by atoms with Gasteiger partial charge in [-0.25, -0.2) is 18.2 Å². The summed E-state index contributed by atoms with van der Waals surface area (Å²) >= 11 is 0. The van der Waals surface area contributed by atoms with E-state index in [1.165, 1.54) is 19.3 Å². The third kappa shape index (κ3) is 9.43. The molecule has 0 spiro atoms. The number of halogens is 3. The molecule has 0 bridgehead atoms. The number of hydrogen-bond donors (Lipinski definition) is 5. The molecule has 1 unspecified atom stereocenters. The number of carbonyl (C=O) groups excluding carboxylic acids is 4. The maximum atomic E-state index is 15.7. The molecule has 2 aromatic heterocycles. The number of nitrogens with one attached hydrogen (secondary N) is 4. The molecule has 8 rings (SSSR count). The van der Waals surface area contributed by atoms with Crippen molar-refractivity contribution in [3.8, 4) is 11.1 Å². The highest BCUT2D eigenvalue weighted by Crippen LogP contribution is 2.35. The summed E-state index contributed by atoms with van der Waals surface area (Å²) in [7, 11) is -2.87. The van der Waals surface area contributed by atoms with Crippen LogP contribution in [-0.2, 0) is 24.6 Å². The van der Waals surface area contributed by atoms with E-state index in [-0.39, 0.29) is 49.6 Å². The van der Waals surface area contributed by atoms with Crippen LogP contribution in [0.15, 0.2) is 67.0 Å². The Morgan fingerprint density at radius 2 is 1.64 bits per heavy atom. The lowest BCUT2D eigenvalue weighted by Gasteiger charge is -2.41. The Hall–Kier alpha value is -6.51. The van der Waals surface area contributed by atoms with Crippen molar-refractivity contribution in [3.05, 3.63) is 101 Å². The third-order valence-electron chi connectivity index (χ3n) is 12.7. The molecule has 3 fully saturated rings. The van der Waals surface area contributed by atoms with Crippen LogP contribution < -0.4 is 25.2 Å². The number of piperazine rings is 1. The molecule has 3 amide bonds. The van der Waals surface area contributed by atoms with Crippen LogP contribution in [-0.4, -0.2) is 121 Å². The first-order valence-electron chi connectivity index (χ1n) is 21.7. The molecule has 5 aromatic rings. The number of pyridine rings is 1. The van der Waals surface area contributed by atoms with Crippen molar-refractivity contribution in [2.75, 3.05) is 72.7 Å². The minimum Gasteiger partial charge on any atom is -0.389 e. The Labute approximate surface area is 379 Å². The predicted molar refractivity (Wildman–Crippen MR) is 243 cm³/mol. The van der Waals surface area contributed by atoms with Gasteiger partial charge in [0.25, 0.3) is 0 Å². The van der Waals surface area contributed by atoms with Gasteiger partial charge in [0, 0.05) is 99.6 Å². The fourth-order valence-electron chi connectivity index (χ4n) is 8.72. The number of anilines is 4. The van der Waals surface area contributed by atoms with E-state index in [0.29, 0.717) is 73.7 Å². The fourth-order valence-corrected chi connectivity index (χ4v) is 9.65. The molecule has 0 saturated carbocycles. The van der Waals surface area contributed by atoms with Crippen LogP contribution in [0.4, 0.5) is 35.9 Å². The van der Waals surface area contributed by atoms with Crippen molar-refractivity contribution in [2.24, 2.45) is 0 Å². The molecule has 1 atom stereocenters. The van der Waals surface area contributed by atoms with E-state index in [0.717, 1.165) is 33.3 Å². The Morgan fingerprint density at radius 1 is 0.924 bits per heavy atom. The SMILES string of the molecule is CCN(C)S(=O)(=O)Nc1ccc(F)c(C(=O)c2c[nH]c3ncc(-c4ccc(N5CCN(C(=O)CC6(O)CCN(c7ccc(NC8CCC(=O)NC8=O)cc7F)CC6)CC5)c(C)c4)cc23)c1F. The normalized spacial score (nSPS) is 17.9. The zero-order valence-corrected chi connectivity index (χ0v) is 37.4. The van der Waals surface area contributed by atoms with Crippen molar-refractivity contribution >= 4 is 67.5 Å². The second-order valence-electron chi connectivity index (χ2n) is 17.0. The van der Waals surface area contributed by atoms with Gasteiger partial charge in [-0.2, -0.15) is 12.7 Å². The first-order chi connectivity index (χ1) is 31.4. The van der Waals surface area contributed by atoms with Crippen LogP contribution in [0.2, 0.25) is 0 Å². The molecular formula is C46H50F3N9O7S. The van der Waals surface area contributed by atoms with Crippen molar-refractivity contribution in [1.82, 2.24) is 24.5 Å². The largest absolute Gasteiger partial charge is 0.389 e. The van der Waals surface area contributed by atoms with Gasteiger partial charge < -0.3 is 30.1 Å². The molecule has 0 radical (unpaired) electrons. The number of piperidine rings is 2. The number of fused-ring (bicyclic) bond motifs is 1. The van der Waals surface area contributed by atoms with Gasteiger partial charge in [0.1, 0.15) is 23.3 Å². The van der Waals surface area contributed by atoms with Crippen molar-refractivity contribution in [1.29, 1.82) is 0 Å². The summed E-state index contributed by atoms with van der Waals surface area (Å²) in [6.45, 7) is 6.33. The zero-order valence-electron chi connectivity index (χ0n) is 36.6. The topological polar surface area (TPSA) is 200 Å². The second kappa shape index (κ2) is 18.4. The van der Waals surface area contributed by atoms with E-state index >= 15 is 13.2 Å². The molecule has 5 heterocycles. The molecule has 16 nitrogen and oxygen atoms in total. The third-order valence-corrected chi connectivity index (χ3v) is 14.3. The summed E-state index contributed by atoms with van der Waals surface area (Å²) in [4.78, 5) is 63.9. The van der Waals surface area contributed by atoms with Gasteiger partial charge in [0.15, 0.2) is 5.82 Å².